The van der Waals surface area contributed by atoms with Crippen LogP contribution in [0.1, 0.15) is 55.6 Å². The Balaban J connectivity index is 0.655. The Kier molecular flexibility index (Phi) is 10.2. The fourth-order valence-corrected chi connectivity index (χ4v) is 12.5. The Morgan fingerprint density at radius 2 is 1.62 bits per heavy atom. The Hall–Kier alpha value is -5.78. The van der Waals surface area contributed by atoms with Crippen molar-refractivity contribution in [3.63, 3.8) is 0 Å². The van der Waals surface area contributed by atoms with Gasteiger partial charge in [-0.25, -0.2) is 8.70 Å². The van der Waals surface area contributed by atoms with Crippen molar-refractivity contribution in [1.82, 2.24) is 30.1 Å². The zero-order chi connectivity index (χ0) is 42.8. The molecule has 3 aromatic carbocycles. The van der Waals surface area contributed by atoms with Crippen LogP contribution < -0.4 is 29.0 Å². The number of benzene rings is 3. The molecule has 2 amide bonds. The second kappa shape index (κ2) is 16.1. The van der Waals surface area contributed by atoms with E-state index in [1.165, 1.54) is 33.2 Å². The minimum absolute atomic E-state index is 0.161. The standard InChI is InChI=1S/C46H52FN11O4S/c47-38-28-33(49-46-51-43-37(12-18-48-43)44(52-46)58-40-3-1-2-32-15-23-57(42(32)40)63(58,61)62)6-10-39(38)55-21-16-35(17-22-55)54-26-24-53(25-27-54)19-13-30-14-20-56(29-30)34-7-4-31(5-8-34)36-9-11-41(59)50-45(36)60/h1-8,10,12,18,28,30,35-36H,9,11,13-17,19-27,29H2,(H,50,59,60)(H2,48,49,51,52)/t30-,36?/m1/s1. The van der Waals surface area contributed by atoms with Gasteiger partial charge in [0.05, 0.1) is 28.4 Å². The maximum Gasteiger partial charge on any atom is 0.332 e. The molecule has 1 unspecified atom stereocenters. The van der Waals surface area contributed by atoms with Gasteiger partial charge in [0.2, 0.25) is 17.8 Å². The predicted octanol–water partition coefficient (Wildman–Crippen LogP) is 5.62. The van der Waals surface area contributed by atoms with Crippen LogP contribution in [0, 0.1) is 11.7 Å². The summed E-state index contributed by atoms with van der Waals surface area (Å²) in [5.41, 5.74) is 5.96. The average Bonchev–Trinajstić information content (AvgIpc) is 4.10. The SMILES string of the molecule is O=C1CCC(c2ccc(N3CC[C@@H](CCN4CCN(C5CCN(c6ccc(Nc7nc(N8c9cccc%10c9N(CC%10)S8(=O)=O)c8cc[nH]c8n7)cc6F)CC5)CC4)C3)cc2)C(=O)N1. The lowest BCUT2D eigenvalue weighted by Crippen LogP contribution is -2.53. The number of imide groups is 1. The Morgan fingerprint density at radius 1 is 0.810 bits per heavy atom. The van der Waals surface area contributed by atoms with Crippen LogP contribution in [0.5, 0.6) is 0 Å². The number of anilines is 7. The van der Waals surface area contributed by atoms with Crippen molar-refractivity contribution >= 4 is 73.3 Å². The van der Waals surface area contributed by atoms with Gasteiger partial charge in [-0.15, -0.1) is 0 Å². The molecule has 15 nitrogen and oxygen atoms in total. The van der Waals surface area contributed by atoms with Crippen LogP contribution in [0.3, 0.4) is 0 Å². The first kappa shape index (κ1) is 40.0. The molecule has 2 atom stereocenters. The molecule has 6 aliphatic heterocycles. The van der Waals surface area contributed by atoms with Crippen LogP contribution in [0.15, 0.2) is 72.9 Å². The van der Waals surface area contributed by atoms with Crippen LogP contribution in [0.2, 0.25) is 0 Å². The molecular formula is C46H52FN11O4S. The number of piperidine rings is 2. The number of fused-ring (bicyclic) bond motifs is 1. The summed E-state index contributed by atoms with van der Waals surface area (Å²) >= 11 is 0. The first-order valence-electron chi connectivity index (χ1n) is 22.4. The summed E-state index contributed by atoms with van der Waals surface area (Å²) in [6.07, 6.45) is 7.69. The Labute approximate surface area is 366 Å². The fraction of sp³-hybridized carbons (Fsp3) is 0.435. The quantitative estimate of drug-likeness (QED) is 0.150. The molecule has 2 aromatic heterocycles. The number of hydrogen-bond donors (Lipinski definition) is 3. The number of piperazine rings is 1. The summed E-state index contributed by atoms with van der Waals surface area (Å²) in [7, 11) is -3.91. The second-order valence-electron chi connectivity index (χ2n) is 17.9. The van der Waals surface area contributed by atoms with Crippen LogP contribution in [0.4, 0.5) is 44.6 Å². The van der Waals surface area contributed by atoms with E-state index in [0.717, 1.165) is 82.9 Å². The first-order chi connectivity index (χ1) is 30.7. The number of H-pyrrole nitrogens is 1. The zero-order valence-corrected chi connectivity index (χ0v) is 36.0. The molecule has 8 heterocycles. The lowest BCUT2D eigenvalue weighted by molar-refractivity contribution is -0.134. The highest BCUT2D eigenvalue weighted by Crippen LogP contribution is 2.51. The van der Waals surface area contributed by atoms with Crippen molar-refractivity contribution in [3.8, 4) is 0 Å². The van der Waals surface area contributed by atoms with Crippen LogP contribution >= 0.6 is 0 Å². The highest BCUT2D eigenvalue weighted by atomic mass is 32.2. The van der Waals surface area contributed by atoms with Gasteiger partial charge in [-0.1, -0.05) is 24.3 Å². The molecule has 0 saturated carbocycles. The van der Waals surface area contributed by atoms with Gasteiger partial charge in [0.1, 0.15) is 11.5 Å². The number of aromatic nitrogens is 3. The largest absolute Gasteiger partial charge is 0.371 e. The molecule has 17 heteroatoms. The number of halogens is 1. The Morgan fingerprint density at radius 3 is 2.41 bits per heavy atom. The summed E-state index contributed by atoms with van der Waals surface area (Å²) in [5.74, 6) is 0.110. The minimum atomic E-state index is -3.91. The van der Waals surface area contributed by atoms with E-state index in [2.05, 4.69) is 52.3 Å². The van der Waals surface area contributed by atoms with E-state index in [0.29, 0.717) is 71.5 Å². The van der Waals surface area contributed by atoms with Gasteiger partial charge in [-0.05, 0) is 105 Å². The summed E-state index contributed by atoms with van der Waals surface area (Å²) < 4.78 is 46.3. The highest BCUT2D eigenvalue weighted by molar-refractivity contribution is 7.95. The molecule has 0 spiro atoms. The smallest absolute Gasteiger partial charge is 0.332 e. The van der Waals surface area contributed by atoms with Gasteiger partial charge < -0.3 is 25.0 Å². The van der Waals surface area contributed by atoms with E-state index in [9.17, 15) is 18.0 Å². The molecule has 0 aliphatic carbocycles. The van der Waals surface area contributed by atoms with E-state index in [-0.39, 0.29) is 35.3 Å². The van der Waals surface area contributed by atoms with E-state index in [4.69, 9.17) is 4.98 Å². The normalized spacial score (nSPS) is 22.9. The van der Waals surface area contributed by atoms with Gasteiger partial charge in [-0.2, -0.15) is 18.4 Å². The molecule has 5 aromatic rings. The zero-order valence-electron chi connectivity index (χ0n) is 35.2. The van der Waals surface area contributed by atoms with E-state index in [1.807, 2.05) is 30.3 Å². The number of para-hydroxylation sites is 1. The van der Waals surface area contributed by atoms with Crippen molar-refractivity contribution in [3.05, 3.63) is 89.9 Å². The average molecular weight is 874 g/mol. The lowest BCUT2D eigenvalue weighted by Gasteiger charge is -2.43. The van der Waals surface area contributed by atoms with Crippen LogP contribution in [-0.4, -0.2) is 116 Å². The van der Waals surface area contributed by atoms with Crippen molar-refractivity contribution in [1.29, 1.82) is 0 Å². The fourth-order valence-electron chi connectivity index (χ4n) is 10.8. The van der Waals surface area contributed by atoms with Crippen LogP contribution in [-0.2, 0) is 26.2 Å². The van der Waals surface area contributed by atoms with Gasteiger partial charge in [0.15, 0.2) is 5.82 Å². The number of nitrogens with one attached hydrogen (secondary N) is 3. The van der Waals surface area contributed by atoms with Gasteiger partial charge >= 0.3 is 10.2 Å². The van der Waals surface area contributed by atoms with Crippen molar-refractivity contribution in [2.45, 2.75) is 56.9 Å². The number of rotatable bonds is 10. The van der Waals surface area contributed by atoms with Crippen molar-refractivity contribution in [2.24, 2.45) is 5.92 Å². The molecule has 63 heavy (non-hydrogen) atoms. The van der Waals surface area contributed by atoms with E-state index < -0.39 is 10.2 Å². The summed E-state index contributed by atoms with van der Waals surface area (Å²) in [4.78, 5) is 46.1. The molecule has 4 saturated heterocycles. The molecule has 11 rings (SSSR count). The highest BCUT2D eigenvalue weighted by Gasteiger charge is 2.46. The molecule has 4 fully saturated rings. The molecule has 6 aliphatic rings. The van der Waals surface area contributed by atoms with Crippen LogP contribution in [0.25, 0.3) is 11.0 Å². The van der Waals surface area contributed by atoms with E-state index >= 15 is 4.39 Å². The van der Waals surface area contributed by atoms with Gasteiger partial charge in [0.25, 0.3) is 0 Å². The maximum atomic E-state index is 15.8. The molecule has 328 valence electrons. The number of aromatic amines is 1. The molecule has 0 bridgehead atoms. The number of carbonyl (C=O) groups excluding carboxylic acids is 2. The second-order valence-corrected chi connectivity index (χ2v) is 19.6. The number of nitrogens with zero attached hydrogens (tertiary/aromatic N) is 8. The summed E-state index contributed by atoms with van der Waals surface area (Å²) in [6.45, 7) is 9.44. The van der Waals surface area contributed by atoms with E-state index in [1.54, 1.807) is 24.4 Å². The first-order valence-corrected chi connectivity index (χ1v) is 23.8. The third-order valence-corrected chi connectivity index (χ3v) is 16.0. The number of carbonyl (C=O) groups is 2. The summed E-state index contributed by atoms with van der Waals surface area (Å²) in [6, 6.07) is 21.3. The molecular weight excluding hydrogens is 822 g/mol. The maximum absolute atomic E-state index is 15.8. The third-order valence-electron chi connectivity index (χ3n) is 14.2. The van der Waals surface area contributed by atoms with Gasteiger partial charge in [0, 0.05) is 88.9 Å². The monoisotopic (exact) mass is 873 g/mol. The summed E-state index contributed by atoms with van der Waals surface area (Å²) in [5, 5.41) is 6.18. The predicted molar refractivity (Wildman–Crippen MR) is 242 cm³/mol. The Bertz CT molecular complexity index is 2680. The van der Waals surface area contributed by atoms with Crippen molar-refractivity contribution in [2.75, 3.05) is 89.2 Å². The molecule has 0 radical (unpaired) electrons. The van der Waals surface area contributed by atoms with Crippen molar-refractivity contribution < 1.29 is 22.4 Å². The molecule has 3 N–H and O–H groups in total. The van der Waals surface area contributed by atoms with Gasteiger partial charge in [-0.3, -0.25) is 24.1 Å². The minimum Gasteiger partial charge on any atom is -0.371 e. The third kappa shape index (κ3) is 7.42. The topological polar surface area (TPSA) is 153 Å². The number of hydrogen-bond acceptors (Lipinski definition) is 11. The lowest BCUT2D eigenvalue weighted by atomic mass is 9.90. The number of amides is 2.